The Morgan fingerprint density at radius 1 is 1.75 bits per heavy atom. The maximum Gasteiger partial charge on any atom is 0.0634 e. The third-order valence-corrected chi connectivity index (χ3v) is 1.57. The van der Waals surface area contributed by atoms with Crippen LogP contribution in [0.1, 0.15) is 13.3 Å². The van der Waals surface area contributed by atoms with Gasteiger partial charge in [-0.3, -0.25) is 0 Å². The van der Waals surface area contributed by atoms with Crippen LogP contribution in [0, 0.1) is 6.42 Å². The monoisotopic (exact) mass is 133 g/mol. The average Bonchev–Trinajstić information content (AvgIpc) is 1.77. The van der Waals surface area contributed by atoms with Gasteiger partial charge in [-0.2, -0.15) is 0 Å². The molecule has 1 radical (unpaired) electrons. The molecule has 1 saturated heterocycles. The second-order valence-electron chi connectivity index (χ2n) is 2.11. The fourth-order valence-electron chi connectivity index (χ4n) is 0.732. The second-order valence-corrected chi connectivity index (χ2v) is 2.72. The van der Waals surface area contributed by atoms with Gasteiger partial charge in [0.15, 0.2) is 0 Å². The number of rotatable bonds is 0. The molecular weight excluding hydrogens is 124 g/mol. The van der Waals surface area contributed by atoms with Gasteiger partial charge in [-0.15, -0.1) is 11.6 Å². The van der Waals surface area contributed by atoms with Crippen molar-refractivity contribution >= 4 is 11.6 Å². The first-order valence-electron chi connectivity index (χ1n) is 2.88. The normalized spacial score (nSPS) is 39.8. The Labute approximate surface area is 55.0 Å². The molecule has 0 N–H and O–H groups in total. The number of hydrogen-bond donors (Lipinski definition) is 0. The van der Waals surface area contributed by atoms with Crippen molar-refractivity contribution < 1.29 is 4.74 Å². The Morgan fingerprint density at radius 3 is 2.88 bits per heavy atom. The summed E-state index contributed by atoms with van der Waals surface area (Å²) in [6.45, 7) is 2.74. The molecule has 1 rings (SSSR count). The van der Waals surface area contributed by atoms with Crippen LogP contribution in [-0.2, 0) is 4.74 Å². The first-order valence-corrected chi connectivity index (χ1v) is 3.31. The fraction of sp³-hybridized carbons (Fsp3) is 0.833. The highest BCUT2D eigenvalue weighted by Gasteiger charge is 2.15. The minimum Gasteiger partial charge on any atom is -0.377 e. The molecule has 1 aliphatic rings. The first-order chi connectivity index (χ1) is 3.79. The molecule has 47 valence electrons. The van der Waals surface area contributed by atoms with E-state index in [0.29, 0.717) is 12.7 Å². The Balaban J connectivity index is 2.19. The molecule has 0 aromatic heterocycles. The van der Waals surface area contributed by atoms with Gasteiger partial charge in [0.2, 0.25) is 0 Å². The van der Waals surface area contributed by atoms with E-state index in [-0.39, 0.29) is 5.38 Å². The van der Waals surface area contributed by atoms with Gasteiger partial charge in [0, 0.05) is 0 Å². The zero-order chi connectivity index (χ0) is 5.98. The molecule has 0 aliphatic carbocycles. The summed E-state index contributed by atoms with van der Waals surface area (Å²) in [6, 6.07) is 0. The number of halogens is 1. The summed E-state index contributed by atoms with van der Waals surface area (Å²) < 4.78 is 5.20. The quantitative estimate of drug-likeness (QED) is 0.457. The summed E-state index contributed by atoms with van der Waals surface area (Å²) in [5, 5.41) is 0.214. The van der Waals surface area contributed by atoms with E-state index in [2.05, 4.69) is 6.42 Å². The standard InChI is InChI=1S/C6H10ClO/c1-5-2-3-6(7)4-8-5/h2,5-6H,3-4H2,1H3. The Morgan fingerprint density at radius 2 is 2.50 bits per heavy atom. The molecule has 1 nitrogen and oxygen atoms in total. The Bertz CT molecular complexity index is 56.9. The maximum atomic E-state index is 5.73. The predicted octanol–water partition coefficient (Wildman–Crippen LogP) is 1.61. The van der Waals surface area contributed by atoms with Crippen molar-refractivity contribution in [1.82, 2.24) is 0 Å². The van der Waals surface area contributed by atoms with Crippen LogP contribution < -0.4 is 0 Å². The van der Waals surface area contributed by atoms with Gasteiger partial charge in [0.1, 0.15) is 0 Å². The molecule has 0 bridgehead atoms. The lowest BCUT2D eigenvalue weighted by molar-refractivity contribution is 0.0638. The summed E-state index contributed by atoms with van der Waals surface area (Å²) in [6.07, 6.45) is 3.40. The van der Waals surface area contributed by atoms with Gasteiger partial charge in [-0.05, 0) is 19.8 Å². The van der Waals surface area contributed by atoms with Crippen LogP contribution in [0.2, 0.25) is 0 Å². The highest BCUT2D eigenvalue weighted by molar-refractivity contribution is 6.20. The van der Waals surface area contributed by atoms with Crippen LogP contribution in [0.4, 0.5) is 0 Å². The van der Waals surface area contributed by atoms with Crippen molar-refractivity contribution in [2.75, 3.05) is 6.61 Å². The summed E-state index contributed by atoms with van der Waals surface area (Å²) in [5.41, 5.74) is 0. The SMILES string of the molecule is CC1[CH]CC(Cl)CO1. The van der Waals surface area contributed by atoms with Crippen LogP contribution in [0.3, 0.4) is 0 Å². The Hall–Kier alpha value is 0.250. The van der Waals surface area contributed by atoms with Gasteiger partial charge in [0.25, 0.3) is 0 Å². The molecule has 0 saturated carbocycles. The largest absolute Gasteiger partial charge is 0.377 e. The van der Waals surface area contributed by atoms with E-state index in [0.717, 1.165) is 6.42 Å². The molecule has 2 atom stereocenters. The van der Waals surface area contributed by atoms with Gasteiger partial charge >= 0.3 is 0 Å². The van der Waals surface area contributed by atoms with Gasteiger partial charge < -0.3 is 4.74 Å². The van der Waals surface area contributed by atoms with E-state index in [1.165, 1.54) is 0 Å². The minimum absolute atomic E-state index is 0.214. The van der Waals surface area contributed by atoms with E-state index in [9.17, 15) is 0 Å². The van der Waals surface area contributed by atoms with Crippen molar-refractivity contribution in [3.63, 3.8) is 0 Å². The van der Waals surface area contributed by atoms with Crippen molar-refractivity contribution in [2.45, 2.75) is 24.8 Å². The predicted molar refractivity (Wildman–Crippen MR) is 34.0 cm³/mol. The van der Waals surface area contributed by atoms with Crippen LogP contribution >= 0.6 is 11.6 Å². The molecule has 8 heavy (non-hydrogen) atoms. The number of ether oxygens (including phenoxy) is 1. The highest BCUT2D eigenvalue weighted by atomic mass is 35.5. The molecule has 2 heteroatoms. The van der Waals surface area contributed by atoms with E-state index in [1.54, 1.807) is 0 Å². The second kappa shape index (κ2) is 2.70. The maximum absolute atomic E-state index is 5.73. The van der Waals surface area contributed by atoms with Crippen LogP contribution in [-0.4, -0.2) is 18.1 Å². The van der Waals surface area contributed by atoms with Crippen molar-refractivity contribution in [3.05, 3.63) is 6.42 Å². The number of hydrogen-bond acceptors (Lipinski definition) is 1. The molecule has 1 fully saturated rings. The van der Waals surface area contributed by atoms with E-state index in [4.69, 9.17) is 16.3 Å². The minimum atomic E-state index is 0.214. The third kappa shape index (κ3) is 1.64. The van der Waals surface area contributed by atoms with E-state index >= 15 is 0 Å². The van der Waals surface area contributed by atoms with E-state index in [1.807, 2.05) is 6.92 Å². The topological polar surface area (TPSA) is 9.23 Å². The van der Waals surface area contributed by atoms with Gasteiger partial charge in [-0.25, -0.2) is 0 Å². The smallest absolute Gasteiger partial charge is 0.0634 e. The molecule has 2 unspecified atom stereocenters. The zero-order valence-electron chi connectivity index (χ0n) is 4.93. The molecule has 0 spiro atoms. The number of alkyl halides is 1. The third-order valence-electron chi connectivity index (χ3n) is 1.26. The molecular formula is C6H10ClO. The molecule has 0 amide bonds. The summed E-state index contributed by atoms with van der Waals surface area (Å²) >= 11 is 5.73. The summed E-state index contributed by atoms with van der Waals surface area (Å²) in [7, 11) is 0. The lowest BCUT2D eigenvalue weighted by Crippen LogP contribution is -2.24. The van der Waals surface area contributed by atoms with Crippen LogP contribution in [0.15, 0.2) is 0 Å². The molecule has 1 aliphatic heterocycles. The van der Waals surface area contributed by atoms with E-state index < -0.39 is 0 Å². The highest BCUT2D eigenvalue weighted by Crippen LogP contribution is 2.15. The average molecular weight is 134 g/mol. The van der Waals surface area contributed by atoms with Gasteiger partial charge in [0.05, 0.1) is 18.1 Å². The lowest BCUT2D eigenvalue weighted by atomic mass is 10.1. The fourth-order valence-corrected chi connectivity index (χ4v) is 0.907. The van der Waals surface area contributed by atoms with Crippen LogP contribution in [0.5, 0.6) is 0 Å². The van der Waals surface area contributed by atoms with Crippen LogP contribution in [0.25, 0.3) is 0 Å². The van der Waals surface area contributed by atoms with Crippen molar-refractivity contribution in [2.24, 2.45) is 0 Å². The first kappa shape index (κ1) is 6.37. The van der Waals surface area contributed by atoms with Crippen molar-refractivity contribution in [3.8, 4) is 0 Å². The van der Waals surface area contributed by atoms with Gasteiger partial charge in [-0.1, -0.05) is 0 Å². The molecule has 0 aromatic rings. The summed E-state index contributed by atoms with van der Waals surface area (Å²) in [5.74, 6) is 0. The van der Waals surface area contributed by atoms with Crippen molar-refractivity contribution in [1.29, 1.82) is 0 Å². The Kier molecular flexibility index (Phi) is 2.15. The lowest BCUT2D eigenvalue weighted by Gasteiger charge is -2.21. The summed E-state index contributed by atoms with van der Waals surface area (Å²) in [4.78, 5) is 0. The zero-order valence-corrected chi connectivity index (χ0v) is 5.69. The molecule has 0 aromatic carbocycles. The molecule has 1 heterocycles.